The van der Waals surface area contributed by atoms with Crippen LogP contribution in [0.25, 0.3) is 12.2 Å². The molecule has 0 aromatic carbocycles. The van der Waals surface area contributed by atoms with Crippen molar-refractivity contribution in [3.8, 4) is 0 Å². The lowest BCUT2D eigenvalue weighted by molar-refractivity contribution is -0.141. The van der Waals surface area contributed by atoms with E-state index in [2.05, 4.69) is 16.9 Å². The van der Waals surface area contributed by atoms with Gasteiger partial charge in [-0.05, 0) is 124 Å². The molecule has 4 rings (SSSR count). The van der Waals surface area contributed by atoms with Gasteiger partial charge >= 0.3 is 11.9 Å². The fourth-order valence-electron chi connectivity index (χ4n) is 6.23. The number of hydrogen-bond acceptors (Lipinski definition) is 6. The Bertz CT molecular complexity index is 1860. The SMILES string of the molecule is [2H]C([2H])([2H])C1=C(CCC(=O)OC)C(CC2=N/C(=C\c3[nH]c(C)c(CCCl)c3C)C(C)=C2CCC(=O)OC)=N/C1=C\c1[nH]c(C)c(C)c1CCCl. The van der Waals surface area contributed by atoms with Gasteiger partial charge in [0.05, 0.1) is 37.0 Å². The second-order valence-electron chi connectivity index (χ2n) is 11.9. The third-order valence-corrected chi connectivity index (χ3v) is 9.47. The average Bonchev–Trinajstić information content (AvgIpc) is 3.73. The van der Waals surface area contributed by atoms with Gasteiger partial charge in [0.25, 0.3) is 0 Å². The Hall–Kier alpha value is -3.62. The number of carbonyl (C=O) groups is 2. The lowest BCUT2D eigenvalue weighted by Gasteiger charge is -2.11. The van der Waals surface area contributed by atoms with Crippen molar-refractivity contribution in [1.29, 1.82) is 0 Å². The van der Waals surface area contributed by atoms with Crippen LogP contribution in [-0.2, 0) is 31.9 Å². The van der Waals surface area contributed by atoms with E-state index in [9.17, 15) is 9.59 Å². The Morgan fingerprint density at radius 1 is 0.723 bits per heavy atom. The quantitative estimate of drug-likeness (QED) is 0.154. The highest BCUT2D eigenvalue weighted by molar-refractivity contribution is 6.21. The standard InChI is InChI=1S/C37H46Cl2N4O4/c1-20-24(5)40-33(29(20)14-16-39)18-32-23(4)28(10-12-37(45)47-8)35(43-32)19-34-27(9-11-36(44)46-7)22(3)31(42-34)17-30-21(2)26(13-15-38)25(6)41-30/h17-18,40-41H,9-16,19H2,1-8H3/b31-17-,32-18-/i4D3. The van der Waals surface area contributed by atoms with Crippen LogP contribution in [-0.4, -0.2) is 59.3 Å². The number of rotatable bonds is 14. The largest absolute Gasteiger partial charge is 0.469 e. The van der Waals surface area contributed by atoms with Gasteiger partial charge in [0.1, 0.15) is 0 Å². The lowest BCUT2D eigenvalue weighted by Crippen LogP contribution is -2.13. The van der Waals surface area contributed by atoms with Crippen molar-refractivity contribution in [1.82, 2.24) is 9.97 Å². The fraction of sp³-hybridized carbons (Fsp3) is 0.459. The minimum atomic E-state index is -2.53. The number of aliphatic imine (C=N–C) groups is 2. The number of aromatic nitrogens is 2. The van der Waals surface area contributed by atoms with Gasteiger partial charge in [0, 0.05) is 57.9 Å². The Kier molecular flexibility index (Phi) is 10.9. The van der Waals surface area contributed by atoms with Crippen LogP contribution in [0.1, 0.15) is 95.0 Å². The van der Waals surface area contributed by atoms with E-state index in [1.807, 2.05) is 33.8 Å². The van der Waals surface area contributed by atoms with Gasteiger partial charge in [-0.15, -0.1) is 23.2 Å². The van der Waals surface area contributed by atoms with Crippen molar-refractivity contribution in [2.45, 2.75) is 86.4 Å². The maximum absolute atomic E-state index is 12.3. The molecule has 2 aliphatic heterocycles. The number of hydrogen-bond donors (Lipinski definition) is 2. The van der Waals surface area contributed by atoms with Gasteiger partial charge in [0.2, 0.25) is 0 Å². The number of nitrogens with one attached hydrogen (secondary N) is 2. The van der Waals surface area contributed by atoms with Crippen molar-refractivity contribution in [3.63, 3.8) is 0 Å². The number of alkyl halides is 2. The van der Waals surface area contributed by atoms with Gasteiger partial charge in [-0.25, -0.2) is 0 Å². The molecule has 10 heteroatoms. The number of nitrogens with zero attached hydrogens (tertiary/aromatic N) is 2. The highest BCUT2D eigenvalue weighted by Gasteiger charge is 2.28. The van der Waals surface area contributed by atoms with Crippen molar-refractivity contribution in [2.24, 2.45) is 9.98 Å². The van der Waals surface area contributed by atoms with E-state index in [1.165, 1.54) is 19.8 Å². The first-order chi connectivity index (χ1) is 23.6. The van der Waals surface area contributed by atoms with Gasteiger partial charge in [0.15, 0.2) is 0 Å². The highest BCUT2D eigenvalue weighted by Crippen LogP contribution is 2.37. The van der Waals surface area contributed by atoms with E-state index in [-0.39, 0.29) is 37.2 Å². The van der Waals surface area contributed by atoms with E-state index < -0.39 is 12.8 Å². The lowest BCUT2D eigenvalue weighted by atomic mass is 9.92. The van der Waals surface area contributed by atoms with Crippen LogP contribution in [0.2, 0.25) is 0 Å². The molecule has 2 N–H and O–H groups in total. The average molecular weight is 685 g/mol. The molecule has 2 aromatic rings. The number of aromatic amines is 2. The Balaban J connectivity index is 1.88. The third-order valence-electron chi connectivity index (χ3n) is 9.10. The summed E-state index contributed by atoms with van der Waals surface area (Å²) in [5, 5.41) is 0. The zero-order valence-corrected chi connectivity index (χ0v) is 29.8. The molecule has 2 aliphatic rings. The van der Waals surface area contributed by atoms with Crippen molar-refractivity contribution < 1.29 is 23.2 Å². The van der Waals surface area contributed by atoms with E-state index in [0.29, 0.717) is 47.3 Å². The maximum Gasteiger partial charge on any atom is 0.305 e. The van der Waals surface area contributed by atoms with Crippen molar-refractivity contribution in [2.75, 3.05) is 26.0 Å². The van der Waals surface area contributed by atoms with E-state index in [1.54, 1.807) is 6.08 Å². The number of allylic oxidation sites excluding steroid dienone is 4. The highest BCUT2D eigenvalue weighted by atomic mass is 35.5. The summed E-state index contributed by atoms with van der Waals surface area (Å²) < 4.78 is 35.6. The van der Waals surface area contributed by atoms with Crippen molar-refractivity contribution >= 4 is 58.7 Å². The number of carbonyl (C=O) groups excluding carboxylic acids is 2. The monoisotopic (exact) mass is 683 g/mol. The molecule has 0 amide bonds. The molecule has 2 aromatic heterocycles. The number of aryl methyl sites for hydroxylation is 2. The topological polar surface area (TPSA) is 109 Å². The molecule has 0 radical (unpaired) electrons. The summed E-state index contributed by atoms with van der Waals surface area (Å²) in [5.41, 5.74) is 12.5. The van der Waals surface area contributed by atoms with Crippen molar-refractivity contribution in [3.05, 3.63) is 78.7 Å². The molecule has 4 heterocycles. The number of methoxy groups -OCH3 is 2. The second-order valence-corrected chi connectivity index (χ2v) is 12.6. The molecular weight excluding hydrogens is 635 g/mol. The molecular formula is C37H46Cl2N4O4. The van der Waals surface area contributed by atoms with Crippen LogP contribution in [0, 0.1) is 27.7 Å². The normalized spacial score (nSPS) is 17.8. The molecule has 8 nitrogen and oxygen atoms in total. The van der Waals surface area contributed by atoms with Gasteiger partial charge < -0.3 is 19.4 Å². The minimum absolute atomic E-state index is 0.0201. The van der Waals surface area contributed by atoms with E-state index >= 15 is 0 Å². The van der Waals surface area contributed by atoms with Crippen LogP contribution in [0.5, 0.6) is 0 Å². The number of halogens is 2. The Labute approximate surface area is 292 Å². The second kappa shape index (κ2) is 16.0. The first-order valence-electron chi connectivity index (χ1n) is 17.3. The molecule has 252 valence electrons. The number of esters is 2. The summed E-state index contributed by atoms with van der Waals surface area (Å²) in [6.45, 7) is 7.48. The van der Waals surface area contributed by atoms with Gasteiger partial charge in [-0.3, -0.25) is 19.6 Å². The smallest absolute Gasteiger partial charge is 0.305 e. The molecule has 0 saturated carbocycles. The summed E-state index contributed by atoms with van der Waals surface area (Å²) in [6.07, 6.45) is 5.92. The Morgan fingerprint density at radius 3 is 1.79 bits per heavy atom. The molecule has 0 unspecified atom stereocenters. The first kappa shape index (κ1) is 32.0. The maximum atomic E-state index is 12.3. The summed E-state index contributed by atoms with van der Waals surface area (Å²) in [6, 6.07) is 0. The van der Waals surface area contributed by atoms with E-state index in [4.69, 9.17) is 46.8 Å². The Morgan fingerprint density at radius 2 is 1.23 bits per heavy atom. The molecule has 0 saturated heterocycles. The first-order valence-corrected chi connectivity index (χ1v) is 16.9. The summed E-state index contributed by atoms with van der Waals surface area (Å²) >= 11 is 12.2. The van der Waals surface area contributed by atoms with Crippen LogP contribution in [0.3, 0.4) is 0 Å². The van der Waals surface area contributed by atoms with Gasteiger partial charge in [-0.1, -0.05) is 0 Å². The summed E-state index contributed by atoms with van der Waals surface area (Å²) in [5.74, 6) is 0.108. The van der Waals surface area contributed by atoms with E-state index in [0.717, 1.165) is 62.7 Å². The zero-order valence-electron chi connectivity index (χ0n) is 31.3. The van der Waals surface area contributed by atoms with Crippen LogP contribution < -0.4 is 0 Å². The van der Waals surface area contributed by atoms with Gasteiger partial charge in [-0.2, -0.15) is 0 Å². The molecule has 0 bridgehead atoms. The third kappa shape index (κ3) is 8.10. The molecule has 0 fully saturated rings. The minimum Gasteiger partial charge on any atom is -0.469 e. The molecule has 0 aliphatic carbocycles. The predicted octanol–water partition coefficient (Wildman–Crippen LogP) is 8.36. The van der Waals surface area contributed by atoms with Crippen LogP contribution >= 0.6 is 23.2 Å². The molecule has 0 atom stereocenters. The number of H-pyrrole nitrogens is 2. The predicted molar refractivity (Wildman–Crippen MR) is 193 cm³/mol. The number of ether oxygens (including phenoxy) is 2. The summed E-state index contributed by atoms with van der Waals surface area (Å²) in [7, 11) is 2.66. The fourth-order valence-corrected chi connectivity index (χ4v) is 6.61. The molecule has 0 spiro atoms. The molecule has 47 heavy (non-hydrogen) atoms. The van der Waals surface area contributed by atoms with Crippen LogP contribution in [0.15, 0.2) is 43.7 Å². The summed E-state index contributed by atoms with van der Waals surface area (Å²) in [4.78, 5) is 41.5. The van der Waals surface area contributed by atoms with Crippen LogP contribution in [0.4, 0.5) is 0 Å². The zero-order chi connectivity index (χ0) is 36.9.